The molecule has 0 radical (unpaired) electrons. The van der Waals surface area contributed by atoms with Gasteiger partial charge >= 0.3 is 6.09 Å². The first-order chi connectivity index (χ1) is 11.3. The Morgan fingerprint density at radius 1 is 1.29 bits per heavy atom. The molecule has 0 aromatic heterocycles. The molecule has 1 aromatic carbocycles. The second kappa shape index (κ2) is 6.28. The maximum Gasteiger partial charge on any atom is 0.410 e. The van der Waals surface area contributed by atoms with Crippen LogP contribution in [-0.4, -0.2) is 40.4 Å². The Kier molecular flexibility index (Phi) is 4.47. The van der Waals surface area contributed by atoms with Gasteiger partial charge in [0.1, 0.15) is 11.4 Å². The molecule has 24 heavy (non-hydrogen) atoms. The molecule has 0 unspecified atom stereocenters. The van der Waals surface area contributed by atoms with E-state index in [0.29, 0.717) is 6.54 Å². The van der Waals surface area contributed by atoms with Crippen LogP contribution in [0, 0.1) is 0 Å². The molecule has 2 atom stereocenters. The third kappa shape index (κ3) is 3.83. The summed E-state index contributed by atoms with van der Waals surface area (Å²) in [5, 5.41) is 9.43. The summed E-state index contributed by atoms with van der Waals surface area (Å²) < 4.78 is 11.9. The minimum atomic E-state index is -0.479. The molecule has 5 nitrogen and oxygen atoms in total. The lowest BCUT2D eigenvalue weighted by Gasteiger charge is -2.40. The van der Waals surface area contributed by atoms with E-state index in [1.807, 2.05) is 32.9 Å². The number of benzene rings is 1. The van der Waals surface area contributed by atoms with Crippen molar-refractivity contribution in [3.05, 3.63) is 29.8 Å². The van der Waals surface area contributed by atoms with Crippen LogP contribution in [0.4, 0.5) is 4.79 Å². The number of piperidine rings is 1. The van der Waals surface area contributed by atoms with Gasteiger partial charge in [-0.3, -0.25) is 0 Å². The number of phenolic OH excluding ortho intramolecular Hbond substituents is 1. The number of carbonyl (C=O) groups excluding carboxylic acids is 1. The van der Waals surface area contributed by atoms with Crippen LogP contribution in [0.25, 0.3) is 0 Å². The molecular weight excluding hydrogens is 306 g/mol. The third-order valence-corrected chi connectivity index (χ3v) is 4.71. The summed E-state index contributed by atoms with van der Waals surface area (Å²) in [6, 6.07) is 7.20. The van der Waals surface area contributed by atoms with Gasteiger partial charge in [0.25, 0.3) is 0 Å². The number of carbonyl (C=O) groups is 1. The van der Waals surface area contributed by atoms with E-state index in [1.54, 1.807) is 17.0 Å². The zero-order valence-electron chi connectivity index (χ0n) is 14.7. The monoisotopic (exact) mass is 333 g/mol. The summed E-state index contributed by atoms with van der Waals surface area (Å²) in [6.07, 6.45) is 3.56. The maximum atomic E-state index is 12.4. The van der Waals surface area contributed by atoms with Crippen molar-refractivity contribution in [3.8, 4) is 5.75 Å². The molecule has 0 aliphatic carbocycles. The van der Waals surface area contributed by atoms with Gasteiger partial charge in [0.05, 0.1) is 18.2 Å². The minimum absolute atomic E-state index is 0.0317. The molecule has 2 aliphatic rings. The van der Waals surface area contributed by atoms with Crippen LogP contribution in [0.3, 0.4) is 0 Å². The number of aromatic hydroxyl groups is 1. The normalized spacial score (nSPS) is 27.5. The second-order valence-electron chi connectivity index (χ2n) is 7.93. The van der Waals surface area contributed by atoms with Gasteiger partial charge in [-0.05, 0) is 64.2 Å². The molecule has 5 heteroatoms. The highest BCUT2D eigenvalue weighted by Gasteiger charge is 2.45. The standard InChI is InChI=1S/C19H27NO4/c1-18(2,3)24-17(22)20-12-4-10-19(13-20)11-9-16(23-19)14-5-7-15(21)8-6-14/h5-8,16,21H,4,9-13H2,1-3H3/t16-,19+/m0/s1. The molecule has 2 aliphatic heterocycles. The lowest BCUT2D eigenvalue weighted by molar-refractivity contribution is -0.0858. The van der Waals surface area contributed by atoms with E-state index in [9.17, 15) is 9.90 Å². The first-order valence-corrected chi connectivity index (χ1v) is 8.71. The van der Waals surface area contributed by atoms with Gasteiger partial charge < -0.3 is 19.5 Å². The Bertz CT molecular complexity index is 592. The van der Waals surface area contributed by atoms with Crippen LogP contribution in [0.5, 0.6) is 5.75 Å². The van der Waals surface area contributed by atoms with E-state index >= 15 is 0 Å². The third-order valence-electron chi connectivity index (χ3n) is 4.71. The molecular formula is C19H27NO4. The summed E-state index contributed by atoms with van der Waals surface area (Å²) in [5.74, 6) is 0.264. The van der Waals surface area contributed by atoms with Gasteiger partial charge in [-0.25, -0.2) is 4.79 Å². The Morgan fingerprint density at radius 2 is 2.00 bits per heavy atom. The first kappa shape index (κ1) is 17.1. The van der Waals surface area contributed by atoms with Gasteiger partial charge in [0, 0.05) is 6.54 Å². The largest absolute Gasteiger partial charge is 0.508 e. The molecule has 2 fully saturated rings. The average molecular weight is 333 g/mol. The number of hydrogen-bond donors (Lipinski definition) is 1. The minimum Gasteiger partial charge on any atom is -0.508 e. The SMILES string of the molecule is CC(C)(C)OC(=O)N1CCC[C@@]2(CC[C@@H](c3ccc(O)cc3)O2)C1. The quantitative estimate of drug-likeness (QED) is 0.843. The smallest absolute Gasteiger partial charge is 0.410 e. The van der Waals surface area contributed by atoms with E-state index in [1.165, 1.54) is 0 Å². The number of rotatable bonds is 1. The first-order valence-electron chi connectivity index (χ1n) is 8.71. The van der Waals surface area contributed by atoms with E-state index < -0.39 is 5.60 Å². The van der Waals surface area contributed by atoms with Crippen LogP contribution in [0.15, 0.2) is 24.3 Å². The molecule has 0 saturated carbocycles. The zero-order valence-corrected chi connectivity index (χ0v) is 14.7. The summed E-state index contributed by atoms with van der Waals surface area (Å²) in [5.41, 5.74) is 0.337. The Hall–Kier alpha value is -1.75. The summed E-state index contributed by atoms with van der Waals surface area (Å²) in [7, 11) is 0. The number of amides is 1. The van der Waals surface area contributed by atoms with Crippen molar-refractivity contribution in [1.82, 2.24) is 4.90 Å². The lowest BCUT2D eigenvalue weighted by Crippen LogP contribution is -2.51. The number of phenols is 1. The predicted octanol–water partition coefficient (Wildman–Crippen LogP) is 4.01. The highest BCUT2D eigenvalue weighted by Crippen LogP contribution is 2.44. The van der Waals surface area contributed by atoms with Gasteiger partial charge in [0.15, 0.2) is 0 Å². The molecule has 0 bridgehead atoms. The molecule has 3 rings (SSSR count). The summed E-state index contributed by atoms with van der Waals surface area (Å²) in [4.78, 5) is 14.1. The predicted molar refractivity (Wildman–Crippen MR) is 90.9 cm³/mol. The fraction of sp³-hybridized carbons (Fsp3) is 0.632. The molecule has 132 valence electrons. The highest BCUT2D eigenvalue weighted by molar-refractivity contribution is 5.68. The Balaban J connectivity index is 1.66. The number of likely N-dealkylation sites (tertiary alicyclic amines) is 1. The molecule has 2 heterocycles. The van der Waals surface area contributed by atoms with Gasteiger partial charge in [-0.15, -0.1) is 0 Å². The van der Waals surface area contributed by atoms with Crippen LogP contribution >= 0.6 is 0 Å². The highest BCUT2D eigenvalue weighted by atomic mass is 16.6. The fourth-order valence-electron chi connectivity index (χ4n) is 3.62. The number of hydrogen-bond acceptors (Lipinski definition) is 4. The summed E-state index contributed by atoms with van der Waals surface area (Å²) >= 11 is 0. The van der Waals surface area contributed by atoms with Crippen molar-refractivity contribution >= 4 is 6.09 Å². The number of ether oxygens (including phenoxy) is 2. The van der Waals surface area contributed by atoms with Crippen LogP contribution in [0.2, 0.25) is 0 Å². The Labute approximate surface area is 143 Å². The van der Waals surface area contributed by atoms with Gasteiger partial charge in [-0.1, -0.05) is 12.1 Å². The molecule has 1 N–H and O–H groups in total. The van der Waals surface area contributed by atoms with Crippen molar-refractivity contribution in [3.63, 3.8) is 0 Å². The molecule has 2 saturated heterocycles. The second-order valence-corrected chi connectivity index (χ2v) is 7.93. The van der Waals surface area contributed by atoms with Crippen molar-refractivity contribution in [2.45, 2.75) is 63.8 Å². The van der Waals surface area contributed by atoms with E-state index in [2.05, 4.69) is 0 Å². The van der Waals surface area contributed by atoms with Gasteiger partial charge in [-0.2, -0.15) is 0 Å². The van der Waals surface area contributed by atoms with Crippen molar-refractivity contribution < 1.29 is 19.4 Å². The topological polar surface area (TPSA) is 59.0 Å². The average Bonchev–Trinajstić information content (AvgIpc) is 2.90. The zero-order chi connectivity index (χ0) is 17.4. The Morgan fingerprint density at radius 3 is 2.67 bits per heavy atom. The summed E-state index contributed by atoms with van der Waals surface area (Å²) in [6.45, 7) is 6.98. The van der Waals surface area contributed by atoms with Crippen molar-refractivity contribution in [1.29, 1.82) is 0 Å². The van der Waals surface area contributed by atoms with Crippen LogP contribution in [-0.2, 0) is 9.47 Å². The van der Waals surface area contributed by atoms with Crippen molar-refractivity contribution in [2.75, 3.05) is 13.1 Å². The van der Waals surface area contributed by atoms with Crippen LogP contribution < -0.4 is 0 Å². The molecule has 1 aromatic rings. The van der Waals surface area contributed by atoms with E-state index in [0.717, 1.165) is 37.8 Å². The van der Waals surface area contributed by atoms with E-state index in [4.69, 9.17) is 9.47 Å². The molecule has 1 amide bonds. The molecule has 1 spiro atoms. The lowest BCUT2D eigenvalue weighted by atomic mass is 9.90. The fourth-order valence-corrected chi connectivity index (χ4v) is 3.62. The number of nitrogens with zero attached hydrogens (tertiary/aromatic N) is 1. The van der Waals surface area contributed by atoms with Gasteiger partial charge in [0.2, 0.25) is 0 Å². The van der Waals surface area contributed by atoms with E-state index in [-0.39, 0.29) is 23.5 Å². The van der Waals surface area contributed by atoms with Crippen LogP contribution in [0.1, 0.15) is 58.1 Å². The maximum absolute atomic E-state index is 12.4. The van der Waals surface area contributed by atoms with Crippen molar-refractivity contribution in [2.24, 2.45) is 0 Å².